The van der Waals surface area contributed by atoms with Crippen molar-refractivity contribution in [2.75, 3.05) is 50.8 Å². The van der Waals surface area contributed by atoms with Gasteiger partial charge in [0, 0.05) is 57.0 Å². The van der Waals surface area contributed by atoms with Crippen molar-refractivity contribution in [3.8, 4) is 0 Å². The zero-order chi connectivity index (χ0) is 22.7. The average Bonchev–Trinajstić information content (AvgIpc) is 3.17. The van der Waals surface area contributed by atoms with Crippen LogP contribution in [0.4, 0.5) is 5.82 Å². The summed E-state index contributed by atoms with van der Waals surface area (Å²) < 4.78 is 5.55. The molecule has 2 amide bonds. The molecule has 2 aliphatic heterocycles. The van der Waals surface area contributed by atoms with E-state index in [-0.39, 0.29) is 23.7 Å². The highest BCUT2D eigenvalue weighted by Gasteiger charge is 2.36. The average molecular weight is 437 g/mol. The molecule has 2 saturated heterocycles. The molecule has 0 aliphatic carbocycles. The van der Waals surface area contributed by atoms with Crippen LogP contribution in [0.5, 0.6) is 0 Å². The third-order valence-electron chi connectivity index (χ3n) is 6.40. The van der Waals surface area contributed by atoms with Crippen LogP contribution >= 0.6 is 0 Å². The zero-order valence-corrected chi connectivity index (χ0v) is 19.1. The van der Waals surface area contributed by atoms with E-state index in [1.165, 1.54) is 5.56 Å². The summed E-state index contributed by atoms with van der Waals surface area (Å²) in [6, 6.07) is 9.66. The number of aryl methyl sites for hydroxylation is 2. The second-order valence-electron chi connectivity index (χ2n) is 8.70. The quantitative estimate of drug-likeness (QED) is 0.753. The third kappa shape index (κ3) is 4.63. The number of aromatic nitrogens is 1. The van der Waals surface area contributed by atoms with Gasteiger partial charge in [0.1, 0.15) is 5.82 Å². The number of carbonyl (C=O) groups is 2. The lowest BCUT2D eigenvalue weighted by molar-refractivity contribution is -0.120. The van der Waals surface area contributed by atoms with Crippen LogP contribution in [0.25, 0.3) is 0 Å². The monoisotopic (exact) mass is 436 g/mol. The maximum absolute atomic E-state index is 13.0. The van der Waals surface area contributed by atoms with Gasteiger partial charge >= 0.3 is 0 Å². The number of nitrogens with zero attached hydrogens (tertiary/aromatic N) is 3. The Hall–Kier alpha value is -2.93. The van der Waals surface area contributed by atoms with Crippen LogP contribution in [-0.4, -0.2) is 67.6 Å². The van der Waals surface area contributed by atoms with Crippen molar-refractivity contribution in [2.45, 2.75) is 26.7 Å². The topological polar surface area (TPSA) is 74.8 Å². The highest BCUT2D eigenvalue weighted by atomic mass is 16.5. The third-order valence-corrected chi connectivity index (χ3v) is 6.40. The van der Waals surface area contributed by atoms with Crippen molar-refractivity contribution >= 4 is 17.6 Å². The number of pyridine rings is 1. The van der Waals surface area contributed by atoms with Gasteiger partial charge in [-0.15, -0.1) is 0 Å². The number of piperazine rings is 1. The summed E-state index contributed by atoms with van der Waals surface area (Å²) in [6.07, 6.45) is 1.89. The largest absolute Gasteiger partial charge is 0.381 e. The number of hydrogen-bond donors (Lipinski definition) is 1. The van der Waals surface area contributed by atoms with E-state index >= 15 is 0 Å². The first-order valence-corrected chi connectivity index (χ1v) is 11.4. The molecule has 3 heterocycles. The molecule has 4 rings (SSSR count). The van der Waals surface area contributed by atoms with Gasteiger partial charge in [0.15, 0.2) is 0 Å². The lowest BCUT2D eigenvalue weighted by Gasteiger charge is -2.36. The second kappa shape index (κ2) is 9.69. The van der Waals surface area contributed by atoms with Gasteiger partial charge in [-0.2, -0.15) is 0 Å². The molecule has 0 saturated carbocycles. The summed E-state index contributed by atoms with van der Waals surface area (Å²) in [5.74, 6) is 0.968. The summed E-state index contributed by atoms with van der Waals surface area (Å²) in [6.45, 7) is 10.8. The van der Waals surface area contributed by atoms with Crippen LogP contribution in [0.15, 0.2) is 36.5 Å². The molecule has 1 N–H and O–H groups in total. The van der Waals surface area contributed by atoms with E-state index in [9.17, 15) is 9.59 Å². The van der Waals surface area contributed by atoms with Gasteiger partial charge in [0.25, 0.3) is 5.91 Å². The predicted molar refractivity (Wildman–Crippen MR) is 124 cm³/mol. The molecule has 170 valence electrons. The predicted octanol–water partition coefficient (Wildman–Crippen LogP) is 2.53. The summed E-state index contributed by atoms with van der Waals surface area (Å²) in [4.78, 5) is 34.1. The van der Waals surface area contributed by atoms with E-state index in [0.717, 1.165) is 30.0 Å². The Morgan fingerprint density at radius 1 is 1.16 bits per heavy atom. The van der Waals surface area contributed by atoms with Gasteiger partial charge in [-0.3, -0.25) is 9.59 Å². The van der Waals surface area contributed by atoms with E-state index in [1.54, 1.807) is 0 Å². The van der Waals surface area contributed by atoms with Crippen molar-refractivity contribution in [3.63, 3.8) is 0 Å². The van der Waals surface area contributed by atoms with E-state index in [2.05, 4.69) is 28.2 Å². The molecule has 0 spiro atoms. The van der Waals surface area contributed by atoms with Crippen molar-refractivity contribution < 1.29 is 14.3 Å². The minimum atomic E-state index is -0.223. The molecule has 2 fully saturated rings. The minimum absolute atomic E-state index is 0.0323. The lowest BCUT2D eigenvalue weighted by Crippen LogP contribution is -2.49. The zero-order valence-electron chi connectivity index (χ0n) is 19.1. The Bertz CT molecular complexity index is 968. The van der Waals surface area contributed by atoms with E-state index in [0.29, 0.717) is 38.4 Å². The number of hydrogen-bond acceptors (Lipinski definition) is 5. The number of anilines is 1. The number of rotatable bonds is 6. The van der Waals surface area contributed by atoms with Crippen LogP contribution in [0.3, 0.4) is 0 Å². The van der Waals surface area contributed by atoms with Gasteiger partial charge < -0.3 is 19.9 Å². The molecule has 1 aromatic heterocycles. The fourth-order valence-electron chi connectivity index (χ4n) is 4.70. The molecule has 7 nitrogen and oxygen atoms in total. The van der Waals surface area contributed by atoms with Gasteiger partial charge in [0.2, 0.25) is 5.91 Å². The minimum Gasteiger partial charge on any atom is -0.381 e. The van der Waals surface area contributed by atoms with Crippen molar-refractivity contribution in [3.05, 3.63) is 58.8 Å². The van der Waals surface area contributed by atoms with Gasteiger partial charge in [-0.05, 0) is 49.6 Å². The van der Waals surface area contributed by atoms with Crippen LogP contribution in [-0.2, 0) is 9.53 Å². The Morgan fingerprint density at radius 3 is 2.53 bits per heavy atom. The van der Waals surface area contributed by atoms with Crippen molar-refractivity contribution in [2.24, 2.45) is 5.92 Å². The first-order valence-electron chi connectivity index (χ1n) is 11.4. The number of carbonyl (C=O) groups excluding carboxylic acids is 2. The fourth-order valence-corrected chi connectivity index (χ4v) is 4.70. The molecule has 2 aromatic rings. The summed E-state index contributed by atoms with van der Waals surface area (Å²) >= 11 is 0. The molecule has 1 unspecified atom stereocenters. The van der Waals surface area contributed by atoms with E-state index in [1.807, 2.05) is 49.2 Å². The Kier molecular flexibility index (Phi) is 6.74. The molecular formula is C25H32N4O3. The van der Waals surface area contributed by atoms with Crippen molar-refractivity contribution in [1.82, 2.24) is 15.2 Å². The highest BCUT2D eigenvalue weighted by molar-refractivity contribution is 5.94. The lowest BCUT2D eigenvalue weighted by atomic mass is 9.88. The van der Waals surface area contributed by atoms with E-state index < -0.39 is 0 Å². The van der Waals surface area contributed by atoms with Crippen LogP contribution in [0.2, 0.25) is 0 Å². The second-order valence-corrected chi connectivity index (χ2v) is 8.70. The van der Waals surface area contributed by atoms with Crippen LogP contribution in [0.1, 0.15) is 39.9 Å². The Labute approximate surface area is 189 Å². The SMILES string of the molecule is CCOCC1CNC(=O)[C@H]1c1ccc(C(=O)N2CCN(c3ncc(C)cc3C)CC2)cc1. The van der Waals surface area contributed by atoms with Crippen LogP contribution < -0.4 is 10.2 Å². The first kappa shape index (κ1) is 22.3. The molecule has 0 radical (unpaired) electrons. The Balaban J connectivity index is 1.38. The van der Waals surface area contributed by atoms with Gasteiger partial charge in [-0.1, -0.05) is 18.2 Å². The molecule has 32 heavy (non-hydrogen) atoms. The normalized spacial score (nSPS) is 21.0. The molecule has 1 aromatic carbocycles. The number of benzene rings is 1. The molecule has 2 atom stereocenters. The first-order chi connectivity index (χ1) is 15.5. The smallest absolute Gasteiger partial charge is 0.253 e. The highest BCUT2D eigenvalue weighted by Crippen LogP contribution is 2.30. The van der Waals surface area contributed by atoms with E-state index in [4.69, 9.17) is 4.74 Å². The molecule has 7 heteroatoms. The summed E-state index contributed by atoms with van der Waals surface area (Å²) in [5, 5.41) is 2.94. The van der Waals surface area contributed by atoms with Gasteiger partial charge in [-0.25, -0.2) is 4.98 Å². The number of ether oxygens (including phenoxy) is 1. The standard InChI is InChI=1S/C25H32N4O3/c1-4-32-16-21-15-27-24(30)22(21)19-5-7-20(8-6-19)25(31)29-11-9-28(10-12-29)23-18(3)13-17(2)14-26-23/h5-8,13-14,21-22H,4,9-12,15-16H2,1-3H3,(H,27,30)/t21?,22-/m0/s1. The molecular weight excluding hydrogens is 404 g/mol. The fraction of sp³-hybridized carbons (Fsp3) is 0.480. The summed E-state index contributed by atoms with van der Waals surface area (Å²) in [5.41, 5.74) is 3.92. The van der Waals surface area contributed by atoms with Crippen molar-refractivity contribution in [1.29, 1.82) is 0 Å². The Morgan fingerprint density at radius 2 is 1.88 bits per heavy atom. The van der Waals surface area contributed by atoms with Crippen LogP contribution in [0, 0.1) is 19.8 Å². The van der Waals surface area contributed by atoms with Gasteiger partial charge in [0.05, 0.1) is 12.5 Å². The maximum atomic E-state index is 13.0. The molecule has 0 bridgehead atoms. The summed E-state index contributed by atoms with van der Waals surface area (Å²) in [7, 11) is 0. The maximum Gasteiger partial charge on any atom is 0.253 e. The molecule has 2 aliphatic rings. The number of nitrogens with one attached hydrogen (secondary N) is 1. The number of amides is 2.